The summed E-state index contributed by atoms with van der Waals surface area (Å²) in [4.78, 5) is 24.3. The molecule has 0 amide bonds. The molecule has 0 saturated carbocycles. The molecule has 0 N–H and O–H groups in total. The van der Waals surface area contributed by atoms with Crippen molar-refractivity contribution in [2.75, 3.05) is 0 Å². The van der Waals surface area contributed by atoms with Crippen molar-refractivity contribution in [2.24, 2.45) is 0 Å². The van der Waals surface area contributed by atoms with Crippen LogP contribution in [0.2, 0.25) is 5.02 Å². The number of rotatable bonds is 0. The number of fused-ring (bicyclic) bond motifs is 2. The van der Waals surface area contributed by atoms with Crippen LogP contribution in [0, 0.1) is 6.07 Å². The van der Waals surface area contributed by atoms with E-state index in [2.05, 4.69) is 6.07 Å². The topological polar surface area (TPSA) is 34.1 Å². The summed E-state index contributed by atoms with van der Waals surface area (Å²) in [6, 6.07) is 12.5. The largest absolute Gasteiger partial charge is 0.289 e. The summed E-state index contributed by atoms with van der Waals surface area (Å²) < 4.78 is 0. The molecule has 0 spiro atoms. The second-order valence-corrected chi connectivity index (χ2v) is 4.24. The number of carbonyl (C=O) groups is 2. The van der Waals surface area contributed by atoms with Crippen molar-refractivity contribution in [1.29, 1.82) is 0 Å². The fourth-order valence-electron chi connectivity index (χ4n) is 2.00. The highest BCUT2D eigenvalue weighted by atomic mass is 35.5. The Morgan fingerprint density at radius 1 is 0.941 bits per heavy atom. The van der Waals surface area contributed by atoms with E-state index >= 15 is 0 Å². The Hall–Kier alpha value is -1.93. The first-order chi connectivity index (χ1) is 8.18. The first-order valence-electron chi connectivity index (χ1n) is 5.08. The Morgan fingerprint density at radius 3 is 2.59 bits per heavy atom. The van der Waals surface area contributed by atoms with E-state index in [-0.39, 0.29) is 11.6 Å². The van der Waals surface area contributed by atoms with Crippen molar-refractivity contribution < 1.29 is 9.59 Å². The Bertz CT molecular complexity index is 659. The van der Waals surface area contributed by atoms with Crippen LogP contribution in [-0.4, -0.2) is 11.6 Å². The lowest BCUT2D eigenvalue weighted by molar-refractivity contribution is 0.0979. The van der Waals surface area contributed by atoms with Crippen molar-refractivity contribution in [2.45, 2.75) is 0 Å². The minimum atomic E-state index is -0.197. The van der Waals surface area contributed by atoms with E-state index < -0.39 is 0 Å². The molecule has 81 valence electrons. The molecule has 1 aliphatic carbocycles. The predicted octanol–water partition coefficient (Wildman–Crippen LogP) is 2.92. The van der Waals surface area contributed by atoms with Crippen LogP contribution in [-0.2, 0) is 0 Å². The van der Waals surface area contributed by atoms with Gasteiger partial charge in [0.2, 0.25) is 0 Å². The summed E-state index contributed by atoms with van der Waals surface area (Å²) in [5.41, 5.74) is 1.50. The average Bonchev–Trinajstić information content (AvgIpc) is 2.36. The maximum absolute atomic E-state index is 12.2. The van der Waals surface area contributed by atoms with Crippen molar-refractivity contribution in [1.82, 2.24) is 0 Å². The summed E-state index contributed by atoms with van der Waals surface area (Å²) in [7, 11) is 0. The SMILES string of the molecule is O=C1c2[c]cccc2C(=O)c2ccc(Cl)cc21. The maximum atomic E-state index is 12.2. The molecule has 2 aromatic rings. The lowest BCUT2D eigenvalue weighted by atomic mass is 9.84. The zero-order valence-corrected chi connectivity index (χ0v) is 9.41. The summed E-state index contributed by atoms with van der Waals surface area (Å²) >= 11 is 5.84. The third-order valence-corrected chi connectivity index (χ3v) is 3.03. The van der Waals surface area contributed by atoms with Crippen LogP contribution >= 0.6 is 11.6 Å². The average molecular weight is 242 g/mol. The van der Waals surface area contributed by atoms with E-state index in [0.717, 1.165) is 0 Å². The number of hydrogen-bond acceptors (Lipinski definition) is 2. The molecule has 1 radical (unpaired) electrons. The van der Waals surface area contributed by atoms with Crippen LogP contribution in [0.3, 0.4) is 0 Å². The van der Waals surface area contributed by atoms with Crippen LogP contribution in [0.1, 0.15) is 31.8 Å². The molecule has 0 heterocycles. The fourth-order valence-corrected chi connectivity index (χ4v) is 2.17. The van der Waals surface area contributed by atoms with Crippen LogP contribution in [0.5, 0.6) is 0 Å². The number of ketones is 2. The van der Waals surface area contributed by atoms with Crippen LogP contribution < -0.4 is 0 Å². The van der Waals surface area contributed by atoms with Crippen LogP contribution in [0.25, 0.3) is 0 Å². The number of carbonyl (C=O) groups excluding carboxylic acids is 2. The minimum Gasteiger partial charge on any atom is -0.289 e. The lowest BCUT2D eigenvalue weighted by Gasteiger charge is -2.16. The summed E-state index contributed by atoms with van der Waals surface area (Å²) in [6.45, 7) is 0. The molecule has 3 rings (SSSR count). The first kappa shape index (κ1) is 10.2. The Morgan fingerprint density at radius 2 is 1.76 bits per heavy atom. The highest BCUT2D eigenvalue weighted by Gasteiger charge is 2.29. The lowest BCUT2D eigenvalue weighted by Crippen LogP contribution is -2.20. The molecular formula is C14H6ClO2. The Labute approximate surface area is 103 Å². The maximum Gasteiger partial charge on any atom is 0.195 e. The van der Waals surface area contributed by atoms with Gasteiger partial charge >= 0.3 is 0 Å². The van der Waals surface area contributed by atoms with Gasteiger partial charge in [-0.25, -0.2) is 0 Å². The van der Waals surface area contributed by atoms with E-state index in [1.807, 2.05) is 0 Å². The Balaban J connectivity index is 2.33. The zero-order valence-electron chi connectivity index (χ0n) is 8.66. The molecule has 0 fully saturated rings. The van der Waals surface area contributed by atoms with E-state index in [9.17, 15) is 9.59 Å². The molecule has 0 atom stereocenters. The van der Waals surface area contributed by atoms with Gasteiger partial charge in [0, 0.05) is 27.3 Å². The third kappa shape index (κ3) is 1.41. The van der Waals surface area contributed by atoms with Crippen molar-refractivity contribution in [3.05, 3.63) is 69.7 Å². The smallest absolute Gasteiger partial charge is 0.195 e. The molecule has 2 nitrogen and oxygen atoms in total. The van der Waals surface area contributed by atoms with Gasteiger partial charge in [-0.2, -0.15) is 0 Å². The number of hydrogen-bond donors (Lipinski definition) is 0. The van der Waals surface area contributed by atoms with Crippen LogP contribution in [0.15, 0.2) is 36.4 Å². The van der Waals surface area contributed by atoms with Gasteiger partial charge in [-0.15, -0.1) is 0 Å². The summed E-state index contributed by atoms with van der Waals surface area (Å²) in [6.07, 6.45) is 0. The van der Waals surface area contributed by atoms with Gasteiger partial charge in [0.15, 0.2) is 11.6 Å². The standard InChI is InChI=1S/C14H6ClO2/c15-8-5-6-11-12(7-8)14(17)10-4-2-1-3-9(10)13(11)16/h1-3,5-7H. The van der Waals surface area contributed by atoms with Gasteiger partial charge < -0.3 is 0 Å². The second kappa shape index (κ2) is 3.54. The highest BCUT2D eigenvalue weighted by Crippen LogP contribution is 2.28. The third-order valence-electron chi connectivity index (χ3n) is 2.80. The van der Waals surface area contributed by atoms with Gasteiger partial charge in [-0.05, 0) is 24.3 Å². The van der Waals surface area contributed by atoms with Crippen molar-refractivity contribution in [3.63, 3.8) is 0 Å². The quantitative estimate of drug-likeness (QED) is 0.606. The Kier molecular flexibility index (Phi) is 2.13. The monoisotopic (exact) mass is 241 g/mol. The second-order valence-electron chi connectivity index (χ2n) is 3.81. The highest BCUT2D eigenvalue weighted by molar-refractivity contribution is 6.33. The van der Waals surface area contributed by atoms with Crippen molar-refractivity contribution in [3.8, 4) is 0 Å². The molecule has 3 heteroatoms. The molecule has 0 aromatic heterocycles. The van der Waals surface area contributed by atoms with Crippen molar-refractivity contribution >= 4 is 23.2 Å². The van der Waals surface area contributed by atoms with Gasteiger partial charge in [0.05, 0.1) is 0 Å². The molecule has 0 saturated heterocycles. The zero-order chi connectivity index (χ0) is 12.0. The molecule has 17 heavy (non-hydrogen) atoms. The van der Waals surface area contributed by atoms with Gasteiger partial charge in [0.25, 0.3) is 0 Å². The number of halogens is 1. The molecule has 0 aliphatic heterocycles. The minimum absolute atomic E-state index is 0.150. The summed E-state index contributed by atoms with van der Waals surface area (Å²) in [5.74, 6) is -0.346. The van der Waals surface area contributed by atoms with Crippen LogP contribution in [0.4, 0.5) is 0 Å². The molecule has 0 bridgehead atoms. The number of benzene rings is 2. The van der Waals surface area contributed by atoms with E-state index in [4.69, 9.17) is 11.6 Å². The first-order valence-corrected chi connectivity index (χ1v) is 5.46. The molecule has 0 unspecified atom stereocenters. The fraction of sp³-hybridized carbons (Fsp3) is 0. The van der Waals surface area contributed by atoms with E-state index in [0.29, 0.717) is 27.3 Å². The van der Waals surface area contributed by atoms with E-state index in [1.54, 1.807) is 30.3 Å². The van der Waals surface area contributed by atoms with Gasteiger partial charge in [-0.1, -0.05) is 29.8 Å². The molecule has 2 aromatic carbocycles. The normalized spacial score (nSPS) is 13.2. The predicted molar refractivity (Wildman–Crippen MR) is 63.6 cm³/mol. The van der Waals surface area contributed by atoms with Gasteiger partial charge in [0.1, 0.15) is 0 Å². The molecule has 1 aliphatic rings. The summed E-state index contributed by atoms with van der Waals surface area (Å²) in [5, 5.41) is 0.448. The molecular weight excluding hydrogens is 236 g/mol. The van der Waals surface area contributed by atoms with Gasteiger partial charge in [-0.3, -0.25) is 9.59 Å². The van der Waals surface area contributed by atoms with E-state index in [1.165, 1.54) is 6.07 Å².